The van der Waals surface area contributed by atoms with Gasteiger partial charge < -0.3 is 40.3 Å². The molecule has 0 bridgehead atoms. The Morgan fingerprint density at radius 1 is 0.857 bits per heavy atom. The number of rotatable bonds is 9. The van der Waals surface area contributed by atoms with E-state index in [1.165, 1.54) is 38.4 Å². The first kappa shape index (κ1) is 37.7. The van der Waals surface area contributed by atoms with Crippen LogP contribution in [-0.2, 0) is 38.1 Å². The molecule has 23 heteroatoms. The molecule has 2 saturated heterocycles. The number of anilines is 2. The van der Waals surface area contributed by atoms with E-state index in [1.54, 1.807) is 13.8 Å². The average molecular weight is 691 g/mol. The van der Waals surface area contributed by atoms with Crippen molar-refractivity contribution in [2.45, 2.75) is 70.7 Å². The molecule has 5 N–H and O–H groups in total. The molecule has 8 atom stereocenters. The van der Waals surface area contributed by atoms with Gasteiger partial charge in [0.15, 0.2) is 0 Å². The molecule has 2 aromatic heterocycles. The van der Waals surface area contributed by atoms with Gasteiger partial charge in [0.1, 0.15) is 42.9 Å². The fraction of sp³-hybridized carbons (Fsp3) is 0.577. The van der Waals surface area contributed by atoms with Crippen LogP contribution >= 0.6 is 0 Å². The maximum atomic E-state index is 12.1. The van der Waals surface area contributed by atoms with Gasteiger partial charge in [0.2, 0.25) is 11.4 Å². The fourth-order valence-electron chi connectivity index (χ4n) is 5.32. The number of hydrogen-bond donors (Lipinski definition) is 3. The van der Waals surface area contributed by atoms with E-state index in [9.17, 15) is 29.1 Å². The number of nitrogens with two attached hydrogens (primary N) is 2. The molecule has 0 saturated carbocycles. The lowest BCUT2D eigenvalue weighted by Gasteiger charge is -2.29. The molecule has 4 rings (SSSR count). The zero-order chi connectivity index (χ0) is 36.7. The minimum atomic E-state index is -1.84. The Balaban J connectivity index is 0.000000267. The summed E-state index contributed by atoms with van der Waals surface area (Å²) in [5, 5.41) is 16.7. The summed E-state index contributed by atoms with van der Waals surface area (Å²) >= 11 is 0. The molecule has 0 spiro atoms. The second-order valence-corrected chi connectivity index (χ2v) is 10.9. The van der Waals surface area contributed by atoms with Gasteiger partial charge in [0.05, 0.1) is 6.61 Å². The van der Waals surface area contributed by atoms with E-state index in [0.29, 0.717) is 0 Å². The smallest absolute Gasteiger partial charge is 0.351 e. The van der Waals surface area contributed by atoms with E-state index in [2.05, 4.69) is 30.0 Å². The van der Waals surface area contributed by atoms with Crippen LogP contribution in [0.1, 0.15) is 47.1 Å². The van der Waals surface area contributed by atoms with Gasteiger partial charge in [-0.15, -0.1) is 0 Å². The highest BCUT2D eigenvalue weighted by molar-refractivity contribution is 5.67. The Bertz CT molecular complexity index is 1790. The summed E-state index contributed by atoms with van der Waals surface area (Å²) in [5.41, 5.74) is 23.6. The van der Waals surface area contributed by atoms with Crippen LogP contribution in [0, 0.1) is 11.8 Å². The number of azide groups is 2. The summed E-state index contributed by atoms with van der Waals surface area (Å²) in [6.07, 6.45) is -1.42. The topological polar surface area (TPSA) is 337 Å². The SMILES string of the molecule is CC(=O)OC[C@@]1(N=[N+]=[N-])O[C@@H](n2ccc(N)nc2=O)[C@@H](C)[C@@H]1OC(C)=O.CC(=O)O[C@H]1[C@H](C)[C@H](n2ccc(N)nc2=O)O[C@@]1(CO)N=[N+]=[N-]. The largest absolute Gasteiger partial charge is 0.462 e. The summed E-state index contributed by atoms with van der Waals surface area (Å²) in [4.78, 5) is 70.7. The second kappa shape index (κ2) is 15.4. The number of hydrogen-bond acceptors (Lipinski definition) is 17. The Morgan fingerprint density at radius 3 is 1.63 bits per heavy atom. The Kier molecular flexibility index (Phi) is 11.9. The van der Waals surface area contributed by atoms with Crippen molar-refractivity contribution in [1.29, 1.82) is 0 Å². The molecule has 2 fully saturated rings. The van der Waals surface area contributed by atoms with Crippen LogP contribution in [0.5, 0.6) is 0 Å². The van der Waals surface area contributed by atoms with Gasteiger partial charge in [0.25, 0.3) is 0 Å². The Hall–Kier alpha value is -5.73. The predicted molar refractivity (Wildman–Crippen MR) is 163 cm³/mol. The third kappa shape index (κ3) is 8.23. The third-order valence-electron chi connectivity index (χ3n) is 7.37. The van der Waals surface area contributed by atoms with E-state index in [4.69, 9.17) is 46.2 Å². The lowest BCUT2D eigenvalue weighted by molar-refractivity contribution is -0.174. The molecule has 0 unspecified atom stereocenters. The number of aliphatic hydroxyl groups is 1. The zero-order valence-electron chi connectivity index (χ0n) is 26.8. The summed E-state index contributed by atoms with van der Waals surface area (Å²) < 4.78 is 29.0. The van der Waals surface area contributed by atoms with Crippen molar-refractivity contribution in [1.82, 2.24) is 19.1 Å². The number of aliphatic hydroxyl groups excluding tert-OH is 1. The minimum absolute atomic E-state index is 0.0228. The van der Waals surface area contributed by atoms with Crippen LogP contribution in [0.15, 0.2) is 44.3 Å². The maximum Gasteiger partial charge on any atom is 0.351 e. The lowest BCUT2D eigenvalue weighted by atomic mass is 9.98. The minimum Gasteiger partial charge on any atom is -0.462 e. The standard InChI is InChI=1S/C14H18N6O6.C12H16N6O5/c1-7-11(25-9(3)22)14(18-19-16,6-24-8(2)21)26-12(7)20-5-4-10(15)17-13(20)23;1-6-9(22-7(2)20)12(5-19,16-17-14)23-10(6)18-4-3-8(13)15-11(18)21/h4-5,7,11-12H,6H2,1-3H3,(H2,15,17,23);3-4,6,9-10,19H,5H2,1-2H3,(H2,13,15,21)/t7-,11-,12+,14+;6-,9-,10+,12+/m00/s1. The molecule has 49 heavy (non-hydrogen) atoms. The molecule has 0 aromatic carbocycles. The van der Waals surface area contributed by atoms with E-state index < -0.39 is 90.5 Å². The normalized spacial score (nSPS) is 28.5. The van der Waals surface area contributed by atoms with Gasteiger partial charge in [-0.05, 0) is 23.2 Å². The molecule has 23 nitrogen and oxygen atoms in total. The molecular formula is C26H34N12O11. The van der Waals surface area contributed by atoms with Crippen LogP contribution in [-0.4, -0.2) is 79.0 Å². The van der Waals surface area contributed by atoms with Crippen molar-refractivity contribution in [2.24, 2.45) is 22.1 Å². The number of ether oxygens (including phenoxy) is 5. The number of carbonyl (C=O) groups is 3. The first-order chi connectivity index (χ1) is 23.0. The first-order valence-corrected chi connectivity index (χ1v) is 14.3. The van der Waals surface area contributed by atoms with Crippen molar-refractivity contribution in [3.63, 3.8) is 0 Å². The molecule has 2 aliphatic heterocycles. The van der Waals surface area contributed by atoms with E-state index in [-0.39, 0.29) is 11.6 Å². The van der Waals surface area contributed by atoms with Crippen LogP contribution in [0.25, 0.3) is 20.9 Å². The third-order valence-corrected chi connectivity index (χ3v) is 7.37. The van der Waals surface area contributed by atoms with Crippen LogP contribution in [0.4, 0.5) is 11.6 Å². The van der Waals surface area contributed by atoms with Crippen molar-refractivity contribution in [3.05, 3.63) is 66.4 Å². The van der Waals surface area contributed by atoms with Crippen molar-refractivity contribution < 1.29 is 43.2 Å². The molecule has 0 aliphatic carbocycles. The van der Waals surface area contributed by atoms with E-state index in [0.717, 1.165) is 16.1 Å². The number of carbonyl (C=O) groups excluding carboxylic acids is 3. The van der Waals surface area contributed by atoms with E-state index >= 15 is 0 Å². The van der Waals surface area contributed by atoms with Crippen LogP contribution in [0.3, 0.4) is 0 Å². The number of aromatic nitrogens is 4. The predicted octanol–water partition coefficient (Wildman–Crippen LogP) is 0.413. The molecule has 4 heterocycles. The number of nitrogens with zero attached hydrogens (tertiary/aromatic N) is 10. The van der Waals surface area contributed by atoms with Gasteiger partial charge in [-0.1, -0.05) is 24.1 Å². The summed E-state index contributed by atoms with van der Waals surface area (Å²) in [6, 6.07) is 2.78. The highest BCUT2D eigenvalue weighted by Crippen LogP contribution is 2.45. The maximum absolute atomic E-state index is 12.1. The average Bonchev–Trinajstić information content (AvgIpc) is 3.43. The highest BCUT2D eigenvalue weighted by Gasteiger charge is 2.58. The molecule has 0 amide bonds. The molecule has 0 radical (unpaired) electrons. The quantitative estimate of drug-likeness (QED) is 0.105. The van der Waals surface area contributed by atoms with Gasteiger partial charge in [-0.3, -0.25) is 23.5 Å². The van der Waals surface area contributed by atoms with Crippen molar-refractivity contribution >= 4 is 29.5 Å². The second-order valence-electron chi connectivity index (χ2n) is 10.9. The van der Waals surface area contributed by atoms with Gasteiger partial charge >= 0.3 is 29.3 Å². The highest BCUT2D eigenvalue weighted by atomic mass is 16.6. The Labute approximate surface area is 275 Å². The lowest BCUT2D eigenvalue weighted by Crippen LogP contribution is -2.46. The van der Waals surface area contributed by atoms with Gasteiger partial charge in [-0.2, -0.15) is 9.97 Å². The van der Waals surface area contributed by atoms with Crippen molar-refractivity contribution in [2.75, 3.05) is 24.7 Å². The van der Waals surface area contributed by atoms with E-state index in [1.807, 2.05) is 0 Å². The summed E-state index contributed by atoms with van der Waals surface area (Å²) in [6.45, 7) is 5.54. The van der Waals surface area contributed by atoms with Crippen LogP contribution in [0.2, 0.25) is 0 Å². The van der Waals surface area contributed by atoms with Gasteiger partial charge in [0, 0.05) is 54.8 Å². The molecular weight excluding hydrogens is 656 g/mol. The van der Waals surface area contributed by atoms with Gasteiger partial charge in [-0.25, -0.2) is 9.59 Å². The van der Waals surface area contributed by atoms with Crippen LogP contribution < -0.4 is 22.8 Å². The monoisotopic (exact) mass is 690 g/mol. The van der Waals surface area contributed by atoms with Crippen molar-refractivity contribution in [3.8, 4) is 0 Å². The first-order valence-electron chi connectivity index (χ1n) is 14.3. The molecule has 264 valence electrons. The summed E-state index contributed by atoms with van der Waals surface area (Å²) in [7, 11) is 0. The summed E-state index contributed by atoms with van der Waals surface area (Å²) in [5.74, 6) is -3.12. The molecule has 2 aromatic rings. The molecule has 2 aliphatic rings. The number of esters is 3. The Morgan fingerprint density at radius 2 is 1.27 bits per heavy atom. The zero-order valence-corrected chi connectivity index (χ0v) is 26.8. The fourth-order valence-corrected chi connectivity index (χ4v) is 5.32. The number of nitrogen functional groups attached to an aromatic ring is 2.